The molecule has 0 aliphatic rings. The van der Waals surface area contributed by atoms with E-state index in [0.717, 1.165) is 15.3 Å². The number of nitrogens with two attached hydrogens (primary N) is 1. The van der Waals surface area contributed by atoms with Crippen molar-refractivity contribution in [2.75, 3.05) is 0 Å². The topological polar surface area (TPSA) is 82.3 Å². The second-order valence-corrected chi connectivity index (χ2v) is 5.24. The van der Waals surface area contributed by atoms with E-state index >= 15 is 0 Å². The maximum absolute atomic E-state index is 10.5. The molecule has 5 nitrogen and oxygen atoms in total. The van der Waals surface area contributed by atoms with E-state index in [0.29, 0.717) is 5.76 Å². The third-order valence-corrected chi connectivity index (χ3v) is 3.50. The Morgan fingerprint density at radius 3 is 2.65 bits per heavy atom. The predicted octanol–water partition coefficient (Wildman–Crippen LogP) is 2.91. The Morgan fingerprint density at radius 1 is 1.47 bits per heavy atom. The average Bonchev–Trinajstić information content (AvgIpc) is 2.84. The molecule has 0 saturated heterocycles. The van der Waals surface area contributed by atoms with Gasteiger partial charge in [-0.05, 0) is 31.5 Å². The Kier molecular flexibility index (Phi) is 2.99. The lowest BCUT2D eigenvalue weighted by molar-refractivity contribution is -0.402. The van der Waals surface area contributed by atoms with Crippen LogP contribution in [0.25, 0.3) is 0 Å². The molecule has 0 fully saturated rings. The van der Waals surface area contributed by atoms with Crippen LogP contribution < -0.4 is 5.73 Å². The molecular formula is C11H12N2O3S. The molecule has 2 N–H and O–H groups in total. The quantitative estimate of drug-likeness (QED) is 0.672. The third-order valence-electron chi connectivity index (χ3n) is 2.51. The summed E-state index contributed by atoms with van der Waals surface area (Å²) in [6, 6.07) is 4.41. The van der Waals surface area contributed by atoms with E-state index in [2.05, 4.69) is 0 Å². The molecule has 2 heterocycles. The molecule has 6 heteroatoms. The zero-order valence-electron chi connectivity index (χ0n) is 9.47. The Hall–Kier alpha value is -1.66. The molecule has 2 rings (SSSR count). The van der Waals surface area contributed by atoms with Crippen molar-refractivity contribution >= 4 is 17.2 Å². The SMILES string of the molecule is Cc1cc(C(N)c2ccc([N+](=O)[O-])o2)c(C)s1. The van der Waals surface area contributed by atoms with Crippen LogP contribution in [0.15, 0.2) is 22.6 Å². The van der Waals surface area contributed by atoms with E-state index in [9.17, 15) is 10.1 Å². The van der Waals surface area contributed by atoms with E-state index in [1.54, 1.807) is 17.4 Å². The number of hydrogen-bond acceptors (Lipinski definition) is 5. The van der Waals surface area contributed by atoms with Gasteiger partial charge in [0.1, 0.15) is 10.7 Å². The summed E-state index contributed by atoms with van der Waals surface area (Å²) in [5, 5.41) is 10.5. The van der Waals surface area contributed by atoms with Crippen molar-refractivity contribution in [2.24, 2.45) is 5.73 Å². The molecule has 2 aromatic rings. The Morgan fingerprint density at radius 2 is 2.18 bits per heavy atom. The molecule has 17 heavy (non-hydrogen) atoms. The van der Waals surface area contributed by atoms with Gasteiger partial charge in [-0.2, -0.15) is 0 Å². The molecule has 0 aromatic carbocycles. The van der Waals surface area contributed by atoms with Gasteiger partial charge in [0.15, 0.2) is 0 Å². The monoisotopic (exact) mass is 252 g/mol. The van der Waals surface area contributed by atoms with Gasteiger partial charge in [-0.3, -0.25) is 10.1 Å². The number of nitrogens with zero attached hydrogens (tertiary/aromatic N) is 1. The highest BCUT2D eigenvalue weighted by Crippen LogP contribution is 2.31. The molecule has 0 bridgehead atoms. The van der Waals surface area contributed by atoms with Crippen LogP contribution in [0.5, 0.6) is 0 Å². The summed E-state index contributed by atoms with van der Waals surface area (Å²) in [6.45, 7) is 3.97. The highest BCUT2D eigenvalue weighted by molar-refractivity contribution is 7.12. The van der Waals surface area contributed by atoms with Crippen LogP contribution in [-0.4, -0.2) is 4.92 Å². The first kappa shape index (κ1) is 11.8. The lowest BCUT2D eigenvalue weighted by Crippen LogP contribution is -2.10. The smallest absolute Gasteiger partial charge is 0.404 e. The fourth-order valence-corrected chi connectivity index (χ4v) is 2.69. The highest BCUT2D eigenvalue weighted by Gasteiger charge is 2.20. The summed E-state index contributed by atoms with van der Waals surface area (Å²) >= 11 is 1.65. The Balaban J connectivity index is 2.33. The minimum Gasteiger partial charge on any atom is -0.404 e. The summed E-state index contributed by atoms with van der Waals surface area (Å²) in [5.74, 6) is 0.137. The van der Waals surface area contributed by atoms with Crippen LogP contribution in [0.3, 0.4) is 0 Å². The fraction of sp³-hybridized carbons (Fsp3) is 0.273. The molecule has 2 aromatic heterocycles. The first-order valence-corrected chi connectivity index (χ1v) is 5.87. The summed E-state index contributed by atoms with van der Waals surface area (Å²) in [4.78, 5) is 12.2. The molecular weight excluding hydrogens is 240 g/mol. The van der Waals surface area contributed by atoms with Crippen LogP contribution in [0.1, 0.15) is 27.1 Å². The van der Waals surface area contributed by atoms with Crippen LogP contribution in [0.4, 0.5) is 5.88 Å². The summed E-state index contributed by atoms with van der Waals surface area (Å²) in [7, 11) is 0. The lowest BCUT2D eigenvalue weighted by atomic mass is 10.1. The normalized spacial score (nSPS) is 12.6. The molecule has 0 saturated carbocycles. The fourth-order valence-electron chi connectivity index (χ4n) is 1.72. The molecule has 1 atom stereocenters. The van der Waals surface area contributed by atoms with E-state index < -0.39 is 11.0 Å². The molecule has 0 aliphatic carbocycles. The number of aryl methyl sites for hydroxylation is 2. The van der Waals surface area contributed by atoms with Gasteiger partial charge in [0.05, 0.1) is 12.1 Å². The highest BCUT2D eigenvalue weighted by atomic mass is 32.1. The molecule has 1 unspecified atom stereocenters. The number of furan rings is 1. The second-order valence-electron chi connectivity index (χ2n) is 3.78. The molecule has 0 aliphatic heterocycles. The van der Waals surface area contributed by atoms with Gasteiger partial charge < -0.3 is 10.2 Å². The zero-order valence-corrected chi connectivity index (χ0v) is 10.3. The average molecular weight is 252 g/mol. The van der Waals surface area contributed by atoms with Gasteiger partial charge in [-0.15, -0.1) is 11.3 Å². The van der Waals surface area contributed by atoms with Gasteiger partial charge in [-0.25, -0.2) is 0 Å². The molecule has 0 spiro atoms. The number of nitro groups is 1. The van der Waals surface area contributed by atoms with Crippen molar-refractivity contribution in [1.29, 1.82) is 0 Å². The van der Waals surface area contributed by atoms with E-state index in [1.807, 2.05) is 19.9 Å². The first-order valence-electron chi connectivity index (χ1n) is 5.05. The number of rotatable bonds is 3. The van der Waals surface area contributed by atoms with Crippen molar-refractivity contribution < 1.29 is 9.34 Å². The van der Waals surface area contributed by atoms with Crippen LogP contribution in [-0.2, 0) is 0 Å². The maximum Gasteiger partial charge on any atom is 0.433 e. The van der Waals surface area contributed by atoms with Crippen LogP contribution >= 0.6 is 11.3 Å². The number of thiophene rings is 1. The standard InChI is InChI=1S/C11H12N2O3S/c1-6-5-8(7(2)17-6)11(12)9-3-4-10(16-9)13(14)15/h3-5,11H,12H2,1-2H3. The zero-order chi connectivity index (χ0) is 12.6. The Labute approximate surface area is 102 Å². The van der Waals surface area contributed by atoms with E-state index in [-0.39, 0.29) is 5.88 Å². The number of hydrogen-bond donors (Lipinski definition) is 1. The summed E-state index contributed by atoms with van der Waals surface area (Å²) in [5.41, 5.74) is 6.99. The van der Waals surface area contributed by atoms with Gasteiger partial charge in [-0.1, -0.05) is 0 Å². The molecule has 90 valence electrons. The molecule has 0 amide bonds. The maximum atomic E-state index is 10.5. The lowest BCUT2D eigenvalue weighted by Gasteiger charge is -2.07. The van der Waals surface area contributed by atoms with Crippen LogP contribution in [0.2, 0.25) is 0 Å². The van der Waals surface area contributed by atoms with E-state index in [1.165, 1.54) is 6.07 Å². The third kappa shape index (κ3) is 2.22. The van der Waals surface area contributed by atoms with Crippen molar-refractivity contribution in [1.82, 2.24) is 0 Å². The van der Waals surface area contributed by atoms with Gasteiger partial charge in [0.25, 0.3) is 0 Å². The largest absolute Gasteiger partial charge is 0.433 e. The van der Waals surface area contributed by atoms with Crippen LogP contribution in [0, 0.1) is 24.0 Å². The summed E-state index contributed by atoms with van der Waals surface area (Å²) in [6.07, 6.45) is 0. The minimum absolute atomic E-state index is 0.278. The summed E-state index contributed by atoms with van der Waals surface area (Å²) < 4.78 is 5.11. The molecule has 0 radical (unpaired) electrons. The van der Waals surface area contributed by atoms with Gasteiger partial charge >= 0.3 is 5.88 Å². The van der Waals surface area contributed by atoms with Gasteiger partial charge in [0, 0.05) is 9.75 Å². The second kappa shape index (κ2) is 4.31. The predicted molar refractivity (Wildman–Crippen MR) is 65.2 cm³/mol. The van der Waals surface area contributed by atoms with Gasteiger partial charge in [0.2, 0.25) is 0 Å². The van der Waals surface area contributed by atoms with Crippen molar-refractivity contribution in [3.05, 3.63) is 49.4 Å². The van der Waals surface area contributed by atoms with E-state index in [4.69, 9.17) is 10.2 Å². The van der Waals surface area contributed by atoms with Crippen molar-refractivity contribution in [3.8, 4) is 0 Å². The van der Waals surface area contributed by atoms with Crippen molar-refractivity contribution in [3.63, 3.8) is 0 Å². The Bertz CT molecular complexity index is 559. The minimum atomic E-state index is -0.568. The first-order chi connectivity index (χ1) is 7.99. The van der Waals surface area contributed by atoms with Crippen molar-refractivity contribution in [2.45, 2.75) is 19.9 Å².